The first-order valence-corrected chi connectivity index (χ1v) is 10.1. The van der Waals surface area contributed by atoms with Crippen molar-refractivity contribution in [2.24, 2.45) is 5.10 Å². The van der Waals surface area contributed by atoms with Crippen molar-refractivity contribution in [2.45, 2.75) is 18.2 Å². The van der Waals surface area contributed by atoms with Gasteiger partial charge in [0.05, 0.1) is 28.3 Å². The van der Waals surface area contributed by atoms with Gasteiger partial charge in [-0.3, -0.25) is 4.79 Å². The summed E-state index contributed by atoms with van der Waals surface area (Å²) in [6.07, 6.45) is 0. The molecule has 0 aliphatic heterocycles. The standard InChI is InChI=1S/C19H19N3O3S2/c1-3-25-16-10-13(8-9-15(16)23)12(2)21-22-18(24)11-26-19-20-14-6-4-5-7-17(14)27-19/h4-10,23H,3,11H2,1-2H3,(H,22,24)/b21-12-. The lowest BCUT2D eigenvalue weighted by molar-refractivity contribution is -0.118. The van der Waals surface area contributed by atoms with E-state index >= 15 is 0 Å². The highest BCUT2D eigenvalue weighted by Crippen LogP contribution is 2.29. The number of rotatable bonds is 7. The van der Waals surface area contributed by atoms with Crippen LogP contribution in [0.5, 0.6) is 11.5 Å². The fraction of sp³-hybridized carbons (Fsp3) is 0.211. The Hall–Kier alpha value is -2.58. The fourth-order valence-electron chi connectivity index (χ4n) is 2.29. The van der Waals surface area contributed by atoms with Crippen LogP contribution in [-0.4, -0.2) is 34.1 Å². The van der Waals surface area contributed by atoms with Crippen LogP contribution in [-0.2, 0) is 4.79 Å². The highest BCUT2D eigenvalue weighted by molar-refractivity contribution is 8.01. The van der Waals surface area contributed by atoms with Gasteiger partial charge in [0.15, 0.2) is 15.8 Å². The van der Waals surface area contributed by atoms with E-state index in [0.29, 0.717) is 18.1 Å². The van der Waals surface area contributed by atoms with Crippen LogP contribution in [0.1, 0.15) is 19.4 Å². The Morgan fingerprint density at radius 3 is 2.93 bits per heavy atom. The fourth-order valence-corrected chi connectivity index (χ4v) is 4.15. The maximum absolute atomic E-state index is 12.1. The van der Waals surface area contributed by atoms with E-state index in [1.807, 2.05) is 31.2 Å². The Balaban J connectivity index is 1.58. The first kappa shape index (κ1) is 19.2. The molecule has 6 nitrogen and oxygen atoms in total. The molecule has 0 fully saturated rings. The molecule has 8 heteroatoms. The Labute approximate surface area is 165 Å². The van der Waals surface area contributed by atoms with E-state index in [0.717, 1.165) is 20.1 Å². The minimum Gasteiger partial charge on any atom is -0.504 e. The summed E-state index contributed by atoms with van der Waals surface area (Å²) >= 11 is 2.95. The lowest BCUT2D eigenvalue weighted by Crippen LogP contribution is -2.21. The molecule has 3 rings (SSSR count). The van der Waals surface area contributed by atoms with Gasteiger partial charge in [0.25, 0.3) is 5.91 Å². The van der Waals surface area contributed by atoms with Gasteiger partial charge in [-0.25, -0.2) is 10.4 Å². The van der Waals surface area contributed by atoms with Crippen LogP contribution in [0.25, 0.3) is 10.2 Å². The highest BCUT2D eigenvalue weighted by atomic mass is 32.2. The molecule has 1 amide bonds. The topological polar surface area (TPSA) is 83.8 Å². The van der Waals surface area contributed by atoms with Crippen molar-refractivity contribution in [1.82, 2.24) is 10.4 Å². The maximum Gasteiger partial charge on any atom is 0.250 e. The van der Waals surface area contributed by atoms with Crippen molar-refractivity contribution in [1.29, 1.82) is 0 Å². The number of hydrazone groups is 1. The van der Waals surface area contributed by atoms with Gasteiger partial charge in [0.1, 0.15) is 0 Å². The number of aromatic hydroxyl groups is 1. The monoisotopic (exact) mass is 401 g/mol. The zero-order valence-corrected chi connectivity index (χ0v) is 16.6. The van der Waals surface area contributed by atoms with E-state index in [9.17, 15) is 9.90 Å². The Morgan fingerprint density at radius 2 is 2.15 bits per heavy atom. The largest absolute Gasteiger partial charge is 0.504 e. The molecule has 0 saturated carbocycles. The molecule has 2 N–H and O–H groups in total. The molecule has 2 aromatic carbocycles. The van der Waals surface area contributed by atoms with Crippen LogP contribution in [0.4, 0.5) is 0 Å². The first-order valence-electron chi connectivity index (χ1n) is 8.34. The molecule has 0 aliphatic rings. The van der Waals surface area contributed by atoms with Crippen molar-refractivity contribution in [3.63, 3.8) is 0 Å². The number of phenols is 1. The van der Waals surface area contributed by atoms with Gasteiger partial charge >= 0.3 is 0 Å². The van der Waals surface area contributed by atoms with Crippen molar-refractivity contribution in [3.8, 4) is 11.5 Å². The molecule has 0 aliphatic carbocycles. The normalized spacial score (nSPS) is 11.6. The number of ether oxygens (including phenoxy) is 1. The van der Waals surface area contributed by atoms with E-state index in [2.05, 4.69) is 15.5 Å². The lowest BCUT2D eigenvalue weighted by atomic mass is 10.1. The number of aromatic nitrogens is 1. The van der Waals surface area contributed by atoms with Gasteiger partial charge < -0.3 is 9.84 Å². The van der Waals surface area contributed by atoms with Crippen LogP contribution >= 0.6 is 23.1 Å². The second kappa shape index (κ2) is 8.88. The number of para-hydroxylation sites is 1. The van der Waals surface area contributed by atoms with E-state index < -0.39 is 0 Å². The summed E-state index contributed by atoms with van der Waals surface area (Å²) in [6, 6.07) is 12.8. The molecule has 0 spiro atoms. The number of nitrogens with zero attached hydrogens (tertiary/aromatic N) is 2. The van der Waals surface area contributed by atoms with Crippen molar-refractivity contribution < 1.29 is 14.6 Å². The van der Waals surface area contributed by atoms with Gasteiger partial charge in [-0.15, -0.1) is 11.3 Å². The molecule has 1 heterocycles. The third-order valence-corrected chi connectivity index (χ3v) is 5.81. The summed E-state index contributed by atoms with van der Waals surface area (Å²) in [5.74, 6) is 0.491. The number of nitrogens with one attached hydrogen (secondary N) is 1. The van der Waals surface area contributed by atoms with Crippen LogP contribution in [0.2, 0.25) is 0 Å². The zero-order valence-electron chi connectivity index (χ0n) is 14.9. The summed E-state index contributed by atoms with van der Waals surface area (Å²) in [4.78, 5) is 16.6. The predicted molar refractivity (Wildman–Crippen MR) is 110 cm³/mol. The number of carbonyl (C=O) groups is 1. The Bertz CT molecular complexity index is 952. The van der Waals surface area contributed by atoms with E-state index in [1.165, 1.54) is 11.8 Å². The Kier molecular flexibility index (Phi) is 6.31. The van der Waals surface area contributed by atoms with E-state index in [4.69, 9.17) is 4.74 Å². The van der Waals surface area contributed by atoms with E-state index in [1.54, 1.807) is 36.5 Å². The molecule has 0 radical (unpaired) electrons. The number of carbonyl (C=O) groups excluding carboxylic acids is 1. The lowest BCUT2D eigenvalue weighted by Gasteiger charge is -2.08. The molecule has 140 valence electrons. The highest BCUT2D eigenvalue weighted by Gasteiger charge is 2.09. The maximum atomic E-state index is 12.1. The molecular formula is C19H19N3O3S2. The average molecular weight is 402 g/mol. The third kappa shape index (κ3) is 4.99. The zero-order chi connectivity index (χ0) is 19.2. The van der Waals surface area contributed by atoms with Crippen molar-refractivity contribution in [3.05, 3.63) is 48.0 Å². The minimum atomic E-state index is -0.206. The quantitative estimate of drug-likeness (QED) is 0.355. The van der Waals surface area contributed by atoms with Crippen molar-refractivity contribution >= 4 is 44.9 Å². The van der Waals surface area contributed by atoms with Gasteiger partial charge in [-0.1, -0.05) is 23.9 Å². The van der Waals surface area contributed by atoms with Gasteiger partial charge in [-0.05, 0) is 44.2 Å². The van der Waals surface area contributed by atoms with Crippen LogP contribution in [0.15, 0.2) is 51.9 Å². The molecule has 27 heavy (non-hydrogen) atoms. The summed E-state index contributed by atoms with van der Waals surface area (Å²) in [6.45, 7) is 4.08. The third-order valence-electron chi connectivity index (χ3n) is 3.63. The molecule has 1 aromatic heterocycles. The first-order chi connectivity index (χ1) is 13.1. The SMILES string of the molecule is CCOc1cc(/C(C)=N\NC(=O)CSc2nc3ccccc3s2)ccc1O. The molecule has 0 unspecified atom stereocenters. The number of thiazole rings is 1. The average Bonchev–Trinajstić information content (AvgIpc) is 3.09. The smallest absolute Gasteiger partial charge is 0.250 e. The second-order valence-corrected chi connectivity index (χ2v) is 7.84. The number of benzene rings is 2. The number of hydrogen-bond acceptors (Lipinski definition) is 7. The molecule has 0 atom stereocenters. The minimum absolute atomic E-state index is 0.0738. The molecule has 0 bridgehead atoms. The number of hydrogen-bond donors (Lipinski definition) is 2. The number of thioether (sulfide) groups is 1. The predicted octanol–water partition coefficient (Wildman–Crippen LogP) is 4.03. The summed E-state index contributed by atoms with van der Waals surface area (Å²) in [5, 5.41) is 13.9. The molecular weight excluding hydrogens is 382 g/mol. The van der Waals surface area contributed by atoms with Crippen LogP contribution < -0.4 is 10.2 Å². The second-order valence-electron chi connectivity index (χ2n) is 5.58. The number of phenolic OH excluding ortho intramolecular Hbond substituents is 1. The number of amides is 1. The summed E-state index contributed by atoms with van der Waals surface area (Å²) < 4.78 is 7.32. The number of fused-ring (bicyclic) bond motifs is 1. The molecule has 3 aromatic rings. The van der Waals surface area contributed by atoms with E-state index in [-0.39, 0.29) is 17.4 Å². The van der Waals surface area contributed by atoms with Crippen molar-refractivity contribution in [2.75, 3.05) is 12.4 Å². The van der Waals surface area contributed by atoms with Gasteiger partial charge in [0.2, 0.25) is 0 Å². The molecule has 0 saturated heterocycles. The van der Waals surface area contributed by atoms with Crippen LogP contribution in [0, 0.1) is 0 Å². The summed E-state index contributed by atoms with van der Waals surface area (Å²) in [5.41, 5.74) is 4.87. The van der Waals surface area contributed by atoms with Gasteiger partial charge in [0, 0.05) is 5.56 Å². The Morgan fingerprint density at radius 1 is 1.33 bits per heavy atom. The van der Waals surface area contributed by atoms with Gasteiger partial charge in [-0.2, -0.15) is 5.10 Å². The van der Waals surface area contributed by atoms with Crippen LogP contribution in [0.3, 0.4) is 0 Å². The summed E-state index contributed by atoms with van der Waals surface area (Å²) in [7, 11) is 0.